The predicted molar refractivity (Wildman–Crippen MR) is 110 cm³/mol. The molecule has 1 N–H and O–H groups in total. The number of nitrogens with zero attached hydrogens (tertiary/aromatic N) is 1. The molecule has 0 aromatic heterocycles. The minimum atomic E-state index is -0.406. The van der Waals surface area contributed by atoms with E-state index < -0.39 is 5.97 Å². The molecule has 2 aromatic rings. The van der Waals surface area contributed by atoms with Crippen molar-refractivity contribution in [3.63, 3.8) is 0 Å². The van der Waals surface area contributed by atoms with Gasteiger partial charge < -0.3 is 15.0 Å². The summed E-state index contributed by atoms with van der Waals surface area (Å²) in [6.07, 6.45) is 0.159. The van der Waals surface area contributed by atoms with Gasteiger partial charge in [0, 0.05) is 31.3 Å². The molecule has 6 nitrogen and oxygen atoms in total. The molecule has 6 heteroatoms. The highest BCUT2D eigenvalue weighted by molar-refractivity contribution is 5.96. The molecular weight excluding hydrogens is 356 g/mol. The second-order valence-electron chi connectivity index (χ2n) is 6.55. The first-order valence-corrected chi connectivity index (χ1v) is 9.24. The zero-order valence-corrected chi connectivity index (χ0v) is 16.7. The van der Waals surface area contributed by atoms with E-state index in [1.165, 1.54) is 11.8 Å². The second kappa shape index (κ2) is 9.69. The Labute approximate surface area is 165 Å². The summed E-state index contributed by atoms with van der Waals surface area (Å²) in [4.78, 5) is 37.6. The molecule has 0 spiro atoms. The Morgan fingerprint density at radius 2 is 1.71 bits per heavy atom. The van der Waals surface area contributed by atoms with Crippen molar-refractivity contribution in [1.82, 2.24) is 0 Å². The third-order valence-corrected chi connectivity index (χ3v) is 4.30. The Kier molecular flexibility index (Phi) is 7.32. The fourth-order valence-electron chi connectivity index (χ4n) is 2.76. The lowest BCUT2D eigenvalue weighted by atomic mass is 10.1. The number of aryl methyl sites for hydroxylation is 2. The van der Waals surface area contributed by atoms with Crippen molar-refractivity contribution < 1.29 is 19.1 Å². The van der Waals surface area contributed by atoms with Crippen LogP contribution >= 0.6 is 0 Å². The highest BCUT2D eigenvalue weighted by atomic mass is 16.5. The third kappa shape index (κ3) is 5.67. The minimum absolute atomic E-state index is 0.159. The van der Waals surface area contributed by atoms with Crippen LogP contribution < -0.4 is 10.2 Å². The van der Waals surface area contributed by atoms with Crippen LogP contribution in [0.25, 0.3) is 0 Å². The van der Waals surface area contributed by atoms with Gasteiger partial charge in [0.05, 0.1) is 12.2 Å². The smallest absolute Gasteiger partial charge is 0.338 e. The van der Waals surface area contributed by atoms with E-state index in [2.05, 4.69) is 5.32 Å². The zero-order chi connectivity index (χ0) is 20.7. The topological polar surface area (TPSA) is 75.7 Å². The van der Waals surface area contributed by atoms with Crippen LogP contribution in [0.1, 0.15) is 41.8 Å². The lowest BCUT2D eigenvalue weighted by Gasteiger charge is -2.21. The predicted octanol–water partition coefficient (Wildman–Crippen LogP) is 3.86. The van der Waals surface area contributed by atoms with Gasteiger partial charge in [-0.3, -0.25) is 9.59 Å². The number of carbonyl (C=O) groups is 3. The molecule has 148 valence electrons. The highest BCUT2D eigenvalue weighted by Gasteiger charge is 2.15. The number of rotatable bonds is 7. The minimum Gasteiger partial charge on any atom is -0.462 e. The molecule has 0 unspecified atom stereocenters. The van der Waals surface area contributed by atoms with Gasteiger partial charge in [0.15, 0.2) is 0 Å². The van der Waals surface area contributed by atoms with Crippen molar-refractivity contribution in [1.29, 1.82) is 0 Å². The summed E-state index contributed by atoms with van der Waals surface area (Å²) in [7, 11) is 0. The number of anilines is 2. The van der Waals surface area contributed by atoms with Gasteiger partial charge in [0.25, 0.3) is 0 Å². The lowest BCUT2D eigenvalue weighted by Crippen LogP contribution is -2.32. The maximum Gasteiger partial charge on any atom is 0.338 e. The van der Waals surface area contributed by atoms with E-state index in [1.54, 1.807) is 31.2 Å². The quantitative estimate of drug-likeness (QED) is 0.738. The van der Waals surface area contributed by atoms with E-state index in [4.69, 9.17) is 4.74 Å². The molecule has 0 bridgehead atoms. The Morgan fingerprint density at radius 1 is 1.04 bits per heavy atom. The highest BCUT2D eigenvalue weighted by Crippen LogP contribution is 2.19. The molecule has 0 atom stereocenters. The second-order valence-corrected chi connectivity index (χ2v) is 6.55. The number of benzene rings is 2. The maximum atomic E-state index is 12.3. The fraction of sp³-hybridized carbons (Fsp3) is 0.318. The van der Waals surface area contributed by atoms with Crippen LogP contribution in [-0.2, 0) is 14.3 Å². The average molecular weight is 382 g/mol. The molecule has 0 aliphatic carbocycles. The van der Waals surface area contributed by atoms with E-state index in [0.29, 0.717) is 17.9 Å². The summed E-state index contributed by atoms with van der Waals surface area (Å²) < 4.78 is 4.96. The van der Waals surface area contributed by atoms with Crippen molar-refractivity contribution in [3.8, 4) is 0 Å². The Balaban J connectivity index is 2.02. The number of nitrogens with one attached hydrogen (secondary N) is 1. The Hall–Kier alpha value is -3.15. The van der Waals surface area contributed by atoms with Crippen molar-refractivity contribution in [2.75, 3.05) is 23.4 Å². The molecule has 2 aromatic carbocycles. The Bertz CT molecular complexity index is 859. The van der Waals surface area contributed by atoms with Crippen LogP contribution in [0.3, 0.4) is 0 Å². The van der Waals surface area contributed by atoms with Gasteiger partial charge in [-0.2, -0.15) is 0 Å². The summed E-state index contributed by atoms with van der Waals surface area (Å²) in [5.74, 6) is -0.747. The SMILES string of the molecule is CCOC(=O)c1ccc(N(CCC(=O)Nc2cc(C)ccc2C)C(C)=O)cc1. The molecule has 0 saturated carbocycles. The van der Waals surface area contributed by atoms with E-state index in [9.17, 15) is 14.4 Å². The number of hydrogen-bond donors (Lipinski definition) is 1. The van der Waals surface area contributed by atoms with Crippen molar-refractivity contribution >= 4 is 29.2 Å². The van der Waals surface area contributed by atoms with Crippen molar-refractivity contribution in [3.05, 3.63) is 59.2 Å². The van der Waals surface area contributed by atoms with Crippen LogP contribution in [0.2, 0.25) is 0 Å². The molecule has 0 aliphatic heterocycles. The Morgan fingerprint density at radius 3 is 2.32 bits per heavy atom. The van der Waals surface area contributed by atoms with E-state index in [-0.39, 0.29) is 24.8 Å². The summed E-state index contributed by atoms with van der Waals surface area (Å²) in [5.41, 5.74) is 3.87. The monoisotopic (exact) mass is 382 g/mol. The number of amides is 2. The summed E-state index contributed by atoms with van der Waals surface area (Å²) in [6, 6.07) is 12.4. The standard InChI is InChI=1S/C22H26N2O4/c1-5-28-22(27)18-8-10-19(11-9-18)24(17(4)25)13-12-21(26)23-20-14-15(2)6-7-16(20)3/h6-11,14H,5,12-13H2,1-4H3,(H,23,26). The van der Waals surface area contributed by atoms with E-state index >= 15 is 0 Å². The van der Waals surface area contributed by atoms with Crippen LogP contribution in [-0.4, -0.2) is 30.9 Å². The molecule has 2 rings (SSSR count). The number of carbonyl (C=O) groups excluding carboxylic acids is 3. The van der Waals surface area contributed by atoms with Gasteiger partial charge in [-0.1, -0.05) is 12.1 Å². The fourth-order valence-corrected chi connectivity index (χ4v) is 2.76. The number of esters is 1. The summed E-state index contributed by atoms with van der Waals surface area (Å²) in [6.45, 7) is 7.63. The first-order chi connectivity index (χ1) is 13.3. The lowest BCUT2D eigenvalue weighted by molar-refractivity contribution is -0.117. The van der Waals surface area contributed by atoms with Crippen molar-refractivity contribution in [2.45, 2.75) is 34.1 Å². The van der Waals surface area contributed by atoms with Crippen LogP contribution in [0, 0.1) is 13.8 Å². The van der Waals surface area contributed by atoms with Gasteiger partial charge >= 0.3 is 5.97 Å². The maximum absolute atomic E-state index is 12.3. The molecule has 0 heterocycles. The summed E-state index contributed by atoms with van der Waals surface area (Å²) >= 11 is 0. The van der Waals surface area contributed by atoms with Crippen LogP contribution in [0.4, 0.5) is 11.4 Å². The third-order valence-electron chi connectivity index (χ3n) is 4.30. The normalized spacial score (nSPS) is 10.3. The number of hydrogen-bond acceptors (Lipinski definition) is 4. The largest absolute Gasteiger partial charge is 0.462 e. The van der Waals surface area contributed by atoms with Crippen molar-refractivity contribution in [2.24, 2.45) is 0 Å². The van der Waals surface area contributed by atoms with Gasteiger partial charge in [-0.25, -0.2) is 4.79 Å². The van der Waals surface area contributed by atoms with Gasteiger partial charge in [-0.05, 0) is 62.2 Å². The molecule has 28 heavy (non-hydrogen) atoms. The van der Waals surface area contributed by atoms with Crippen LogP contribution in [0.5, 0.6) is 0 Å². The molecule has 0 saturated heterocycles. The average Bonchev–Trinajstić information content (AvgIpc) is 2.65. The van der Waals surface area contributed by atoms with Gasteiger partial charge in [-0.15, -0.1) is 0 Å². The van der Waals surface area contributed by atoms with E-state index in [0.717, 1.165) is 16.8 Å². The molecule has 2 amide bonds. The van der Waals surface area contributed by atoms with Gasteiger partial charge in [0.2, 0.25) is 11.8 Å². The number of ether oxygens (including phenoxy) is 1. The molecule has 0 fully saturated rings. The molecular formula is C22H26N2O4. The summed E-state index contributed by atoms with van der Waals surface area (Å²) in [5, 5.41) is 2.90. The van der Waals surface area contributed by atoms with Crippen LogP contribution in [0.15, 0.2) is 42.5 Å². The van der Waals surface area contributed by atoms with Gasteiger partial charge in [0.1, 0.15) is 0 Å². The molecule has 0 radical (unpaired) electrons. The zero-order valence-electron chi connectivity index (χ0n) is 16.7. The van der Waals surface area contributed by atoms with E-state index in [1.807, 2.05) is 32.0 Å². The first kappa shape index (κ1) is 21.2. The molecule has 0 aliphatic rings. The first-order valence-electron chi connectivity index (χ1n) is 9.24.